The van der Waals surface area contributed by atoms with Gasteiger partial charge in [0.1, 0.15) is 12.4 Å². The van der Waals surface area contributed by atoms with E-state index in [1.165, 1.54) is 0 Å². The second kappa shape index (κ2) is 10.0. The number of nitrogens with two attached hydrogens (primary N) is 1. The SMILES string of the molecule is C[N+]1(CN)c2ccccc2C(c2ccccc2)=NCC1C(=O)c1ccccc1.Cl.Cl. The number of benzodiazepines with no additional fused rings is 1. The zero-order chi connectivity index (χ0) is 19.6. The lowest BCUT2D eigenvalue weighted by Crippen LogP contribution is -2.61. The van der Waals surface area contributed by atoms with Gasteiger partial charge in [-0.05, 0) is 12.1 Å². The third-order valence-corrected chi connectivity index (χ3v) is 5.61. The highest BCUT2D eigenvalue weighted by Gasteiger charge is 2.43. The summed E-state index contributed by atoms with van der Waals surface area (Å²) >= 11 is 0. The lowest BCUT2D eigenvalue weighted by atomic mass is 9.97. The highest BCUT2D eigenvalue weighted by Crippen LogP contribution is 2.34. The first-order chi connectivity index (χ1) is 13.6. The molecule has 1 heterocycles. The van der Waals surface area contributed by atoms with Crippen LogP contribution in [0.15, 0.2) is 89.9 Å². The Labute approximate surface area is 189 Å². The molecule has 0 saturated carbocycles. The molecule has 4 rings (SSSR count). The molecule has 0 aromatic heterocycles. The topological polar surface area (TPSA) is 55.4 Å². The molecular weight excluding hydrogens is 417 g/mol. The number of carbonyl (C=O) groups is 1. The Hall–Kier alpha value is -2.50. The summed E-state index contributed by atoms with van der Waals surface area (Å²) in [7, 11) is 2.04. The lowest BCUT2D eigenvalue weighted by Gasteiger charge is -2.38. The standard InChI is InChI=1S/C24H24N3O.2ClH/c1-27(17-25)21-15-9-8-14-20(21)23(18-10-4-2-5-11-18)26-16-22(27)24(28)19-12-6-3-7-13-19;;/h2-15,22H,16-17,25H2,1H3;2*1H/q+1;;. The van der Waals surface area contributed by atoms with Crippen molar-refractivity contribution < 1.29 is 4.79 Å². The third-order valence-electron chi connectivity index (χ3n) is 5.61. The molecule has 6 heteroatoms. The van der Waals surface area contributed by atoms with Crippen molar-refractivity contribution in [3.63, 3.8) is 0 Å². The number of likely N-dealkylation sites (N-methyl/N-ethyl adjacent to an activating group) is 1. The number of carbonyl (C=O) groups excluding carboxylic acids is 1. The minimum absolute atomic E-state index is 0. The van der Waals surface area contributed by atoms with Crippen molar-refractivity contribution in [2.75, 3.05) is 20.3 Å². The first-order valence-electron chi connectivity index (χ1n) is 9.49. The Balaban J connectivity index is 0.00000160. The normalized spacial score (nSPS) is 19.9. The number of hydrogen-bond acceptors (Lipinski definition) is 3. The summed E-state index contributed by atoms with van der Waals surface area (Å²) in [6, 6.07) is 27.3. The maximum absolute atomic E-state index is 13.4. The van der Waals surface area contributed by atoms with Crippen LogP contribution in [0.1, 0.15) is 21.5 Å². The Morgan fingerprint density at radius 2 is 1.50 bits per heavy atom. The predicted molar refractivity (Wildman–Crippen MR) is 129 cm³/mol. The smallest absolute Gasteiger partial charge is 0.222 e. The second-order valence-corrected chi connectivity index (χ2v) is 7.27. The average Bonchev–Trinajstić information content (AvgIpc) is 2.90. The van der Waals surface area contributed by atoms with E-state index in [1.54, 1.807) is 0 Å². The summed E-state index contributed by atoms with van der Waals surface area (Å²) in [5.41, 5.74) is 11.0. The summed E-state index contributed by atoms with van der Waals surface area (Å²) in [5.74, 6) is 0.0708. The van der Waals surface area contributed by atoms with E-state index in [9.17, 15) is 4.79 Å². The molecule has 0 fully saturated rings. The van der Waals surface area contributed by atoms with Gasteiger partial charge in [-0.25, -0.2) is 0 Å². The molecule has 30 heavy (non-hydrogen) atoms. The quantitative estimate of drug-likeness (QED) is 0.477. The Bertz CT molecular complexity index is 1020. The van der Waals surface area contributed by atoms with Gasteiger partial charge in [-0.2, -0.15) is 0 Å². The molecule has 4 nitrogen and oxygen atoms in total. The van der Waals surface area contributed by atoms with E-state index < -0.39 is 0 Å². The van der Waals surface area contributed by atoms with Crippen LogP contribution >= 0.6 is 24.8 Å². The Morgan fingerprint density at radius 1 is 0.933 bits per heavy atom. The average molecular weight is 443 g/mol. The molecule has 2 unspecified atom stereocenters. The van der Waals surface area contributed by atoms with Crippen LogP contribution in [0.2, 0.25) is 0 Å². The molecule has 0 saturated heterocycles. The summed E-state index contributed by atoms with van der Waals surface area (Å²) in [6.45, 7) is 0.707. The first-order valence-corrected chi connectivity index (χ1v) is 9.49. The van der Waals surface area contributed by atoms with Crippen molar-refractivity contribution in [1.82, 2.24) is 4.48 Å². The van der Waals surface area contributed by atoms with Crippen LogP contribution < -0.4 is 10.2 Å². The lowest BCUT2D eigenvalue weighted by molar-refractivity contribution is 0.0868. The van der Waals surface area contributed by atoms with Crippen LogP contribution in [0.4, 0.5) is 5.69 Å². The van der Waals surface area contributed by atoms with Gasteiger partial charge in [-0.3, -0.25) is 20.0 Å². The Kier molecular flexibility index (Phi) is 7.93. The number of para-hydroxylation sites is 1. The number of halogens is 2. The van der Waals surface area contributed by atoms with E-state index in [2.05, 4.69) is 24.3 Å². The fourth-order valence-electron chi connectivity index (χ4n) is 3.94. The highest BCUT2D eigenvalue weighted by molar-refractivity contribution is 6.16. The van der Waals surface area contributed by atoms with Crippen LogP contribution in [0.5, 0.6) is 0 Å². The largest absolute Gasteiger partial charge is 0.287 e. The van der Waals surface area contributed by atoms with Gasteiger partial charge in [-0.15, -0.1) is 24.8 Å². The number of Topliss-reactive ketones (excluding diaryl/α,β-unsaturated/α-hetero) is 1. The van der Waals surface area contributed by atoms with Crippen molar-refractivity contribution in [3.05, 3.63) is 102 Å². The monoisotopic (exact) mass is 442 g/mol. The third kappa shape index (κ3) is 4.18. The molecule has 3 aromatic rings. The van der Waals surface area contributed by atoms with Gasteiger partial charge in [0.15, 0.2) is 6.04 Å². The zero-order valence-electron chi connectivity index (χ0n) is 16.8. The molecule has 0 spiro atoms. The predicted octanol–water partition coefficient (Wildman–Crippen LogP) is 4.49. The van der Waals surface area contributed by atoms with Crippen molar-refractivity contribution in [1.29, 1.82) is 0 Å². The van der Waals surface area contributed by atoms with Gasteiger partial charge in [0.25, 0.3) is 0 Å². The van der Waals surface area contributed by atoms with Gasteiger partial charge in [-0.1, -0.05) is 72.8 Å². The van der Waals surface area contributed by atoms with Crippen molar-refractivity contribution >= 4 is 42.0 Å². The van der Waals surface area contributed by atoms with Gasteiger partial charge in [0.05, 0.1) is 24.9 Å². The zero-order valence-corrected chi connectivity index (χ0v) is 18.4. The fraction of sp³-hybridized carbons (Fsp3) is 0.167. The number of aliphatic imine (C=N–C) groups is 1. The summed E-state index contributed by atoms with van der Waals surface area (Å²) < 4.78 is 0.323. The number of benzene rings is 3. The fourth-order valence-corrected chi connectivity index (χ4v) is 3.94. The summed E-state index contributed by atoms with van der Waals surface area (Å²) in [6.07, 6.45) is 0. The van der Waals surface area contributed by atoms with E-state index in [1.807, 2.05) is 67.7 Å². The van der Waals surface area contributed by atoms with Gasteiger partial charge in [0, 0.05) is 11.1 Å². The molecule has 0 bridgehead atoms. The number of ketones is 1. The number of rotatable bonds is 4. The van der Waals surface area contributed by atoms with Crippen LogP contribution in [0, 0.1) is 0 Å². The molecule has 2 N–H and O–H groups in total. The van der Waals surface area contributed by atoms with E-state index in [0.717, 1.165) is 22.5 Å². The number of quaternary nitrogens is 1. The van der Waals surface area contributed by atoms with Crippen LogP contribution in [0.25, 0.3) is 0 Å². The van der Waals surface area contributed by atoms with E-state index in [0.29, 0.717) is 23.3 Å². The molecule has 0 aliphatic carbocycles. The maximum Gasteiger partial charge on any atom is 0.222 e. The highest BCUT2D eigenvalue weighted by atomic mass is 35.5. The molecule has 1 aliphatic rings. The minimum Gasteiger partial charge on any atom is -0.287 e. The second-order valence-electron chi connectivity index (χ2n) is 7.27. The molecule has 156 valence electrons. The van der Waals surface area contributed by atoms with Crippen LogP contribution in [-0.2, 0) is 0 Å². The van der Waals surface area contributed by atoms with Crippen LogP contribution in [0.3, 0.4) is 0 Å². The van der Waals surface area contributed by atoms with Gasteiger partial charge in [0.2, 0.25) is 5.78 Å². The molecular formula is C24H26Cl2N3O+. The molecule has 0 radical (unpaired) electrons. The number of nitrogens with zero attached hydrogens (tertiary/aromatic N) is 2. The van der Waals surface area contributed by atoms with Gasteiger partial charge >= 0.3 is 0 Å². The van der Waals surface area contributed by atoms with E-state index >= 15 is 0 Å². The summed E-state index contributed by atoms with van der Waals surface area (Å²) in [4.78, 5) is 18.4. The number of hydrogen-bond donors (Lipinski definition) is 1. The maximum atomic E-state index is 13.4. The van der Waals surface area contributed by atoms with Crippen molar-refractivity contribution in [3.8, 4) is 0 Å². The Morgan fingerprint density at radius 3 is 2.13 bits per heavy atom. The molecule has 2 atom stereocenters. The first kappa shape index (κ1) is 23.8. The van der Waals surface area contributed by atoms with Gasteiger partial charge < -0.3 is 0 Å². The molecule has 0 amide bonds. The molecule has 3 aromatic carbocycles. The van der Waals surface area contributed by atoms with Crippen molar-refractivity contribution in [2.24, 2.45) is 10.7 Å². The molecule has 1 aliphatic heterocycles. The van der Waals surface area contributed by atoms with E-state index in [-0.39, 0.29) is 36.6 Å². The summed E-state index contributed by atoms with van der Waals surface area (Å²) in [5, 5.41) is 0. The minimum atomic E-state index is -0.380. The number of fused-ring (bicyclic) bond motifs is 1. The van der Waals surface area contributed by atoms with Crippen molar-refractivity contribution in [2.45, 2.75) is 6.04 Å². The van der Waals surface area contributed by atoms with E-state index in [4.69, 9.17) is 10.7 Å². The van der Waals surface area contributed by atoms with Crippen LogP contribution in [-0.4, -0.2) is 37.8 Å².